The maximum absolute atomic E-state index is 6.38. The number of benzene rings is 2. The van der Waals surface area contributed by atoms with Gasteiger partial charge in [-0.1, -0.05) is 87.4 Å². The lowest BCUT2D eigenvalue weighted by Crippen LogP contribution is -1.98. The van der Waals surface area contributed by atoms with Crippen molar-refractivity contribution in [3.8, 4) is 17.0 Å². The van der Waals surface area contributed by atoms with Gasteiger partial charge in [-0.15, -0.1) is 11.3 Å². The van der Waals surface area contributed by atoms with Gasteiger partial charge in [0.1, 0.15) is 5.75 Å². The number of anilines is 1. The molecule has 0 saturated heterocycles. The first-order chi connectivity index (χ1) is 15.3. The molecule has 3 aromatic rings. The highest BCUT2D eigenvalue weighted by Gasteiger charge is 2.04. The van der Waals surface area contributed by atoms with Gasteiger partial charge in [-0.05, 0) is 30.2 Å². The predicted octanol–water partition coefficient (Wildman–Crippen LogP) is 8.04. The average Bonchev–Trinajstić information content (AvgIpc) is 3.26. The van der Waals surface area contributed by atoms with Crippen LogP contribution in [0.2, 0.25) is 5.02 Å². The maximum atomic E-state index is 6.38. The standard InChI is InChI=1S/C25H30ClN3OS/c1-2-3-4-5-6-7-11-16-30-24-15-14-20(17-22(24)26)18-27-29-25-28-23(19-31-25)21-12-9-8-10-13-21/h8-10,12-15,17-19H,2-7,11,16H2,1H3,(H,28,29)/b27-18-. The van der Waals surface area contributed by atoms with Gasteiger partial charge in [-0.3, -0.25) is 5.43 Å². The smallest absolute Gasteiger partial charge is 0.203 e. The second-order valence-electron chi connectivity index (χ2n) is 7.43. The molecule has 0 bridgehead atoms. The normalized spacial score (nSPS) is 11.2. The Labute approximate surface area is 194 Å². The number of aromatic nitrogens is 1. The molecular formula is C25H30ClN3OS. The number of ether oxygens (including phenoxy) is 1. The molecule has 0 aliphatic carbocycles. The van der Waals surface area contributed by atoms with E-state index in [0.29, 0.717) is 11.6 Å². The van der Waals surface area contributed by atoms with E-state index in [0.717, 1.165) is 34.1 Å². The summed E-state index contributed by atoms with van der Waals surface area (Å²) in [6.45, 7) is 2.95. The van der Waals surface area contributed by atoms with Crippen molar-refractivity contribution in [1.29, 1.82) is 0 Å². The van der Waals surface area contributed by atoms with Gasteiger partial charge in [0.2, 0.25) is 5.13 Å². The first-order valence-electron chi connectivity index (χ1n) is 11.0. The van der Waals surface area contributed by atoms with E-state index in [-0.39, 0.29) is 0 Å². The minimum Gasteiger partial charge on any atom is -0.492 e. The lowest BCUT2D eigenvalue weighted by Gasteiger charge is -2.08. The number of nitrogens with zero attached hydrogens (tertiary/aromatic N) is 2. The number of hydrazone groups is 1. The Balaban J connectivity index is 1.42. The molecule has 0 aliphatic rings. The summed E-state index contributed by atoms with van der Waals surface area (Å²) in [7, 11) is 0. The van der Waals surface area contributed by atoms with E-state index in [1.807, 2.05) is 53.9 Å². The molecule has 3 rings (SSSR count). The Morgan fingerprint density at radius 1 is 1.03 bits per heavy atom. The zero-order valence-corrected chi connectivity index (χ0v) is 19.6. The third kappa shape index (κ3) is 8.00. The number of nitrogens with one attached hydrogen (secondary N) is 1. The van der Waals surface area contributed by atoms with Crippen LogP contribution in [-0.4, -0.2) is 17.8 Å². The van der Waals surface area contributed by atoms with Crippen LogP contribution in [0, 0.1) is 0 Å². The summed E-state index contributed by atoms with van der Waals surface area (Å²) in [4.78, 5) is 4.56. The van der Waals surface area contributed by atoms with Crippen molar-refractivity contribution in [3.05, 3.63) is 64.5 Å². The van der Waals surface area contributed by atoms with Crippen molar-refractivity contribution in [2.45, 2.75) is 51.9 Å². The molecule has 1 N–H and O–H groups in total. The fraction of sp³-hybridized carbons (Fsp3) is 0.360. The fourth-order valence-electron chi connectivity index (χ4n) is 3.18. The van der Waals surface area contributed by atoms with Crippen LogP contribution in [0.25, 0.3) is 11.3 Å². The summed E-state index contributed by atoms with van der Waals surface area (Å²) in [5, 5.41) is 7.65. The Hall–Kier alpha value is -2.37. The monoisotopic (exact) mass is 455 g/mol. The van der Waals surface area contributed by atoms with Crippen LogP contribution in [0.3, 0.4) is 0 Å². The first kappa shape index (κ1) is 23.3. The number of unbranched alkanes of at least 4 members (excludes halogenated alkanes) is 6. The topological polar surface area (TPSA) is 46.5 Å². The van der Waals surface area contributed by atoms with E-state index in [2.05, 4.69) is 22.4 Å². The van der Waals surface area contributed by atoms with Gasteiger partial charge in [0.15, 0.2) is 0 Å². The Kier molecular flexibility index (Phi) is 9.87. The van der Waals surface area contributed by atoms with Gasteiger partial charge in [0.05, 0.1) is 23.5 Å². The SMILES string of the molecule is CCCCCCCCCOc1ccc(/C=N\Nc2nc(-c3ccccc3)cs2)cc1Cl. The summed E-state index contributed by atoms with van der Waals surface area (Å²) in [6, 6.07) is 15.8. The van der Waals surface area contributed by atoms with Crippen LogP contribution < -0.4 is 10.2 Å². The van der Waals surface area contributed by atoms with Crippen LogP contribution in [0.4, 0.5) is 5.13 Å². The van der Waals surface area contributed by atoms with Gasteiger partial charge in [0, 0.05) is 10.9 Å². The molecule has 31 heavy (non-hydrogen) atoms. The predicted molar refractivity (Wildman–Crippen MR) is 134 cm³/mol. The second-order valence-corrected chi connectivity index (χ2v) is 8.70. The molecule has 0 saturated carbocycles. The van der Waals surface area contributed by atoms with E-state index in [1.165, 1.54) is 49.9 Å². The van der Waals surface area contributed by atoms with Crippen molar-refractivity contribution in [3.63, 3.8) is 0 Å². The van der Waals surface area contributed by atoms with Gasteiger partial charge in [-0.25, -0.2) is 4.98 Å². The Bertz CT molecular complexity index is 943. The van der Waals surface area contributed by atoms with E-state index >= 15 is 0 Å². The van der Waals surface area contributed by atoms with Crippen LogP contribution in [0.5, 0.6) is 5.75 Å². The largest absolute Gasteiger partial charge is 0.492 e. The molecule has 4 nitrogen and oxygen atoms in total. The highest BCUT2D eigenvalue weighted by atomic mass is 35.5. The van der Waals surface area contributed by atoms with E-state index in [1.54, 1.807) is 6.21 Å². The van der Waals surface area contributed by atoms with Gasteiger partial charge >= 0.3 is 0 Å². The molecule has 0 unspecified atom stereocenters. The second kappa shape index (κ2) is 13.1. The summed E-state index contributed by atoms with van der Waals surface area (Å²) in [6.07, 6.45) is 10.6. The minimum absolute atomic E-state index is 0.604. The molecule has 0 radical (unpaired) electrons. The number of thiazole rings is 1. The zero-order chi connectivity index (χ0) is 21.7. The first-order valence-corrected chi connectivity index (χ1v) is 12.2. The molecule has 6 heteroatoms. The molecule has 2 aromatic carbocycles. The summed E-state index contributed by atoms with van der Waals surface area (Å²) >= 11 is 7.90. The molecule has 0 aliphatic heterocycles. The Morgan fingerprint density at radius 3 is 2.58 bits per heavy atom. The van der Waals surface area contributed by atoms with Gasteiger partial charge in [-0.2, -0.15) is 5.10 Å². The van der Waals surface area contributed by atoms with E-state index in [9.17, 15) is 0 Å². The molecule has 164 valence electrons. The highest BCUT2D eigenvalue weighted by Crippen LogP contribution is 2.26. The minimum atomic E-state index is 0.604. The number of halogens is 1. The lowest BCUT2D eigenvalue weighted by molar-refractivity contribution is 0.304. The number of hydrogen-bond donors (Lipinski definition) is 1. The van der Waals surface area contributed by atoms with Gasteiger partial charge < -0.3 is 4.74 Å². The van der Waals surface area contributed by atoms with Crippen LogP contribution in [0.1, 0.15) is 57.4 Å². The van der Waals surface area contributed by atoms with E-state index in [4.69, 9.17) is 16.3 Å². The molecule has 0 fully saturated rings. The third-order valence-electron chi connectivity index (χ3n) is 4.91. The van der Waals surface area contributed by atoms with E-state index < -0.39 is 0 Å². The van der Waals surface area contributed by atoms with Crippen LogP contribution >= 0.6 is 22.9 Å². The summed E-state index contributed by atoms with van der Waals surface area (Å²) in [5.74, 6) is 0.727. The van der Waals surface area contributed by atoms with Crippen molar-refractivity contribution in [2.75, 3.05) is 12.0 Å². The van der Waals surface area contributed by atoms with Crippen molar-refractivity contribution < 1.29 is 4.74 Å². The highest BCUT2D eigenvalue weighted by molar-refractivity contribution is 7.14. The lowest BCUT2D eigenvalue weighted by atomic mass is 10.1. The molecule has 1 aromatic heterocycles. The quantitative estimate of drug-likeness (QED) is 0.161. The van der Waals surface area contributed by atoms with Gasteiger partial charge in [0.25, 0.3) is 0 Å². The van der Waals surface area contributed by atoms with Crippen molar-refractivity contribution >= 4 is 34.3 Å². The summed E-state index contributed by atoms with van der Waals surface area (Å²) in [5.41, 5.74) is 5.92. The average molecular weight is 456 g/mol. The number of rotatable bonds is 13. The number of hydrogen-bond acceptors (Lipinski definition) is 5. The molecule has 0 atom stereocenters. The molecule has 1 heterocycles. The molecule has 0 spiro atoms. The maximum Gasteiger partial charge on any atom is 0.203 e. The third-order valence-corrected chi connectivity index (χ3v) is 5.95. The van der Waals surface area contributed by atoms with Crippen LogP contribution in [-0.2, 0) is 0 Å². The van der Waals surface area contributed by atoms with Crippen molar-refractivity contribution in [2.24, 2.45) is 5.10 Å². The fourth-order valence-corrected chi connectivity index (χ4v) is 4.10. The zero-order valence-electron chi connectivity index (χ0n) is 18.0. The van der Waals surface area contributed by atoms with Crippen LogP contribution in [0.15, 0.2) is 59.0 Å². The Morgan fingerprint density at radius 2 is 1.81 bits per heavy atom. The molecule has 0 amide bonds. The summed E-state index contributed by atoms with van der Waals surface area (Å²) < 4.78 is 5.84. The molecular weight excluding hydrogens is 426 g/mol. The van der Waals surface area contributed by atoms with Crippen molar-refractivity contribution in [1.82, 2.24) is 4.98 Å².